The quantitative estimate of drug-likeness (QED) is 0.203. The molecule has 4 heteroatoms. The number of aliphatic hydroxyl groups excluding tert-OH is 3. The summed E-state index contributed by atoms with van der Waals surface area (Å²) in [5.41, 5.74) is 0. The summed E-state index contributed by atoms with van der Waals surface area (Å²) in [6.45, 7) is 5.98. The lowest BCUT2D eigenvalue weighted by atomic mass is 10.1. The first-order valence-electron chi connectivity index (χ1n) is 11.6. The summed E-state index contributed by atoms with van der Waals surface area (Å²) in [6.07, 6.45) is 20.9. The van der Waals surface area contributed by atoms with E-state index in [1.807, 2.05) is 4.90 Å². The minimum absolute atomic E-state index is 0.0497. The Balaban J connectivity index is 3.98. The summed E-state index contributed by atoms with van der Waals surface area (Å²) in [5.74, 6) is 0. The van der Waals surface area contributed by atoms with Gasteiger partial charge in [-0.15, -0.1) is 0 Å². The highest BCUT2D eigenvalue weighted by molar-refractivity contribution is 4.84. The third-order valence-corrected chi connectivity index (χ3v) is 4.97. The third kappa shape index (κ3) is 18.7. The van der Waals surface area contributed by atoms with Gasteiger partial charge in [-0.2, -0.15) is 0 Å². The van der Waals surface area contributed by atoms with E-state index in [2.05, 4.69) is 38.2 Å². The predicted molar refractivity (Wildman–Crippen MR) is 121 cm³/mol. The van der Waals surface area contributed by atoms with Crippen molar-refractivity contribution in [3.05, 3.63) is 24.3 Å². The Morgan fingerprint density at radius 3 is 1.50 bits per heavy atom. The van der Waals surface area contributed by atoms with Gasteiger partial charge in [-0.05, 0) is 51.4 Å². The highest BCUT2D eigenvalue weighted by Gasteiger charge is 2.14. The number of hydrogen-bond acceptors (Lipinski definition) is 4. The fourth-order valence-corrected chi connectivity index (χ4v) is 3.25. The number of hydrogen-bond donors (Lipinski definition) is 3. The van der Waals surface area contributed by atoms with E-state index in [-0.39, 0.29) is 6.61 Å². The van der Waals surface area contributed by atoms with E-state index in [0.717, 1.165) is 38.5 Å². The molecule has 166 valence electrons. The zero-order chi connectivity index (χ0) is 20.9. The van der Waals surface area contributed by atoms with E-state index in [1.165, 1.54) is 38.5 Å². The molecule has 0 aromatic heterocycles. The largest absolute Gasteiger partial charge is 0.395 e. The maximum absolute atomic E-state index is 10.3. The molecular formula is C24H47NO3. The lowest BCUT2D eigenvalue weighted by Gasteiger charge is -2.26. The Labute approximate surface area is 174 Å². The maximum Gasteiger partial charge on any atom is 0.0670 e. The van der Waals surface area contributed by atoms with Gasteiger partial charge in [-0.3, -0.25) is 4.90 Å². The van der Waals surface area contributed by atoms with E-state index >= 15 is 0 Å². The smallest absolute Gasteiger partial charge is 0.0670 e. The zero-order valence-electron chi connectivity index (χ0n) is 18.6. The predicted octanol–water partition coefficient (Wildman–Crippen LogP) is 4.84. The van der Waals surface area contributed by atoms with E-state index < -0.39 is 12.2 Å². The van der Waals surface area contributed by atoms with Crippen LogP contribution in [0, 0.1) is 0 Å². The number of unbranched alkanes of at least 4 members (excludes halogenated alkanes) is 6. The number of nitrogens with zero attached hydrogens (tertiary/aromatic N) is 1. The molecule has 3 N–H and O–H groups in total. The molecule has 2 atom stereocenters. The van der Waals surface area contributed by atoms with Crippen molar-refractivity contribution < 1.29 is 15.3 Å². The molecule has 0 heterocycles. The molecular weight excluding hydrogens is 350 g/mol. The summed E-state index contributed by atoms with van der Waals surface area (Å²) in [7, 11) is 0. The zero-order valence-corrected chi connectivity index (χ0v) is 18.6. The number of rotatable bonds is 20. The first-order valence-corrected chi connectivity index (χ1v) is 11.6. The minimum atomic E-state index is -0.419. The minimum Gasteiger partial charge on any atom is -0.395 e. The van der Waals surface area contributed by atoms with Crippen LogP contribution in [-0.2, 0) is 0 Å². The Kier molecular flexibility index (Phi) is 20.5. The van der Waals surface area contributed by atoms with Crippen LogP contribution in [0.3, 0.4) is 0 Å². The van der Waals surface area contributed by atoms with Gasteiger partial charge >= 0.3 is 0 Å². The maximum atomic E-state index is 10.3. The van der Waals surface area contributed by atoms with Crippen molar-refractivity contribution in [2.75, 3.05) is 26.2 Å². The van der Waals surface area contributed by atoms with Crippen LogP contribution in [0.1, 0.15) is 90.9 Å². The van der Waals surface area contributed by atoms with Crippen LogP contribution in [0.4, 0.5) is 0 Å². The fourth-order valence-electron chi connectivity index (χ4n) is 3.25. The molecule has 2 unspecified atom stereocenters. The van der Waals surface area contributed by atoms with Crippen LogP contribution in [0.5, 0.6) is 0 Å². The van der Waals surface area contributed by atoms with Crippen LogP contribution < -0.4 is 0 Å². The summed E-state index contributed by atoms with van der Waals surface area (Å²) in [4.78, 5) is 1.98. The second-order valence-corrected chi connectivity index (χ2v) is 7.88. The Hall–Kier alpha value is -0.680. The van der Waals surface area contributed by atoms with Gasteiger partial charge < -0.3 is 15.3 Å². The van der Waals surface area contributed by atoms with Crippen molar-refractivity contribution in [1.29, 1.82) is 0 Å². The monoisotopic (exact) mass is 397 g/mol. The lowest BCUT2D eigenvalue weighted by molar-refractivity contribution is 0.0544. The Bertz CT molecular complexity index is 339. The molecule has 0 radical (unpaired) electrons. The first kappa shape index (κ1) is 27.3. The van der Waals surface area contributed by atoms with E-state index in [1.54, 1.807) is 0 Å². The number of allylic oxidation sites excluding steroid dienone is 4. The van der Waals surface area contributed by atoms with Crippen molar-refractivity contribution in [3.8, 4) is 0 Å². The average Bonchev–Trinajstić information content (AvgIpc) is 2.66. The lowest BCUT2D eigenvalue weighted by Crippen LogP contribution is -2.39. The first-order chi connectivity index (χ1) is 13.6. The molecule has 0 aliphatic rings. The van der Waals surface area contributed by atoms with Gasteiger partial charge in [0, 0.05) is 19.6 Å². The van der Waals surface area contributed by atoms with Crippen molar-refractivity contribution in [1.82, 2.24) is 4.90 Å². The average molecular weight is 398 g/mol. The van der Waals surface area contributed by atoms with Gasteiger partial charge in [0.05, 0.1) is 18.8 Å². The summed E-state index contributed by atoms with van der Waals surface area (Å²) in [5, 5.41) is 29.8. The second kappa shape index (κ2) is 21.0. The summed E-state index contributed by atoms with van der Waals surface area (Å²) in [6, 6.07) is 0. The van der Waals surface area contributed by atoms with Gasteiger partial charge in [-0.1, -0.05) is 63.8 Å². The molecule has 0 spiro atoms. The molecule has 0 aromatic carbocycles. The van der Waals surface area contributed by atoms with Crippen LogP contribution in [0.15, 0.2) is 24.3 Å². The Morgan fingerprint density at radius 1 is 0.679 bits per heavy atom. The summed E-state index contributed by atoms with van der Waals surface area (Å²) < 4.78 is 0. The molecule has 28 heavy (non-hydrogen) atoms. The molecule has 0 aliphatic carbocycles. The normalized spacial score (nSPS) is 14.5. The molecule has 0 rings (SSSR count). The van der Waals surface area contributed by atoms with Gasteiger partial charge in [-0.25, -0.2) is 0 Å². The molecule has 0 fully saturated rings. The number of aliphatic hydroxyl groups is 3. The fraction of sp³-hybridized carbons (Fsp3) is 0.833. The van der Waals surface area contributed by atoms with Crippen molar-refractivity contribution in [3.63, 3.8) is 0 Å². The molecule has 4 nitrogen and oxygen atoms in total. The summed E-state index contributed by atoms with van der Waals surface area (Å²) >= 11 is 0. The third-order valence-electron chi connectivity index (χ3n) is 4.97. The standard InChI is InChI=1S/C24H47NO3/c1-3-5-7-9-11-13-15-17-23(27)21-25(19-20-26)22-24(28)18-16-14-12-10-8-6-4-2/h11-14,23-24,26-28H,3-10,15-22H2,1-2H3/b13-11+,14-12+. The van der Waals surface area contributed by atoms with E-state index in [9.17, 15) is 15.3 Å². The van der Waals surface area contributed by atoms with Crippen LogP contribution in [-0.4, -0.2) is 58.7 Å². The molecule has 0 aromatic rings. The van der Waals surface area contributed by atoms with E-state index in [4.69, 9.17) is 0 Å². The molecule has 0 amide bonds. The molecule has 0 aliphatic heterocycles. The van der Waals surface area contributed by atoms with Gasteiger partial charge in [0.25, 0.3) is 0 Å². The molecule has 0 saturated heterocycles. The second-order valence-electron chi connectivity index (χ2n) is 7.88. The Morgan fingerprint density at radius 2 is 1.11 bits per heavy atom. The van der Waals surface area contributed by atoms with Gasteiger partial charge in [0.15, 0.2) is 0 Å². The van der Waals surface area contributed by atoms with E-state index in [0.29, 0.717) is 19.6 Å². The van der Waals surface area contributed by atoms with Crippen LogP contribution in [0.25, 0.3) is 0 Å². The van der Waals surface area contributed by atoms with Crippen LogP contribution in [0.2, 0.25) is 0 Å². The SMILES string of the molecule is CCCCC/C=C/CCC(O)CN(CCO)CC(O)CC/C=C/CCCCC. The van der Waals surface area contributed by atoms with Gasteiger partial charge in [0.1, 0.15) is 0 Å². The van der Waals surface area contributed by atoms with Crippen LogP contribution >= 0.6 is 0 Å². The highest BCUT2D eigenvalue weighted by atomic mass is 16.3. The topological polar surface area (TPSA) is 63.9 Å². The van der Waals surface area contributed by atoms with Gasteiger partial charge in [0.2, 0.25) is 0 Å². The molecule has 0 saturated carbocycles. The highest BCUT2D eigenvalue weighted by Crippen LogP contribution is 2.07. The van der Waals surface area contributed by atoms with Crippen molar-refractivity contribution >= 4 is 0 Å². The van der Waals surface area contributed by atoms with Crippen molar-refractivity contribution in [2.45, 2.75) is 103 Å². The molecule has 0 bridgehead atoms. The van der Waals surface area contributed by atoms with Crippen molar-refractivity contribution in [2.24, 2.45) is 0 Å².